The van der Waals surface area contributed by atoms with Gasteiger partial charge in [-0.2, -0.15) is 0 Å². The molecule has 16 heavy (non-hydrogen) atoms. The Labute approximate surface area is 95.4 Å². The van der Waals surface area contributed by atoms with Gasteiger partial charge in [0.25, 0.3) is 0 Å². The van der Waals surface area contributed by atoms with Crippen molar-refractivity contribution in [2.75, 3.05) is 22.3 Å². The van der Waals surface area contributed by atoms with E-state index >= 15 is 0 Å². The number of anilines is 2. The summed E-state index contributed by atoms with van der Waals surface area (Å²) in [7, 11) is -3.29. The minimum atomic E-state index is -3.29. The fourth-order valence-electron chi connectivity index (χ4n) is 1.74. The van der Waals surface area contributed by atoms with Crippen molar-refractivity contribution < 1.29 is 8.42 Å². The molecule has 2 rings (SSSR count). The third-order valence-corrected chi connectivity index (χ3v) is 3.65. The molecule has 0 radical (unpaired) electrons. The molecule has 0 saturated heterocycles. The first-order chi connectivity index (χ1) is 7.61. The Hall–Kier alpha value is -1.49. The van der Waals surface area contributed by atoms with Crippen LogP contribution in [0, 0.1) is 0 Å². The molecule has 1 aliphatic rings. The van der Waals surface area contributed by atoms with Crippen LogP contribution < -0.4 is 10.0 Å². The Morgan fingerprint density at radius 1 is 1.50 bits per heavy atom. The molecule has 5 heteroatoms. The Balaban J connectivity index is 2.20. The number of fused-ring (bicyclic) bond motifs is 1. The SMILES string of the molecule is C=CCS(=O)(=O)Nc1ccc2c(c1)CCN2. The van der Waals surface area contributed by atoms with Gasteiger partial charge in [-0.25, -0.2) is 8.42 Å². The molecule has 0 spiro atoms. The molecule has 4 nitrogen and oxygen atoms in total. The van der Waals surface area contributed by atoms with Crippen LogP contribution in [0.2, 0.25) is 0 Å². The minimum absolute atomic E-state index is 0.0671. The van der Waals surface area contributed by atoms with Crippen molar-refractivity contribution in [1.82, 2.24) is 0 Å². The molecule has 0 fully saturated rings. The zero-order chi connectivity index (χ0) is 11.6. The van der Waals surface area contributed by atoms with Crippen LogP contribution in [0.1, 0.15) is 5.56 Å². The maximum atomic E-state index is 11.5. The third-order valence-electron chi connectivity index (χ3n) is 2.43. The molecule has 1 aromatic rings. The van der Waals surface area contributed by atoms with Gasteiger partial charge in [-0.05, 0) is 30.2 Å². The molecule has 0 aromatic heterocycles. The summed E-state index contributed by atoms with van der Waals surface area (Å²) in [4.78, 5) is 0. The predicted octanol–water partition coefficient (Wildman–Crippen LogP) is 1.58. The van der Waals surface area contributed by atoms with E-state index in [2.05, 4.69) is 16.6 Å². The van der Waals surface area contributed by atoms with Gasteiger partial charge in [0.1, 0.15) is 0 Å². The van der Waals surface area contributed by atoms with E-state index in [1.807, 2.05) is 12.1 Å². The first-order valence-corrected chi connectivity index (χ1v) is 6.74. The monoisotopic (exact) mass is 238 g/mol. The molecule has 1 aliphatic heterocycles. The summed E-state index contributed by atoms with van der Waals surface area (Å²) in [6.07, 6.45) is 2.31. The summed E-state index contributed by atoms with van der Waals surface area (Å²) in [6, 6.07) is 5.53. The average Bonchev–Trinajstić information content (AvgIpc) is 2.63. The lowest BCUT2D eigenvalue weighted by atomic mass is 10.1. The van der Waals surface area contributed by atoms with Gasteiger partial charge in [-0.1, -0.05) is 6.08 Å². The van der Waals surface area contributed by atoms with Crippen LogP contribution in [-0.4, -0.2) is 20.7 Å². The average molecular weight is 238 g/mol. The Morgan fingerprint density at radius 2 is 2.31 bits per heavy atom. The summed E-state index contributed by atoms with van der Waals surface area (Å²) < 4.78 is 25.5. The zero-order valence-electron chi connectivity index (χ0n) is 8.86. The van der Waals surface area contributed by atoms with Crippen molar-refractivity contribution in [2.45, 2.75) is 6.42 Å². The molecule has 0 aliphatic carbocycles. The van der Waals surface area contributed by atoms with Crippen molar-refractivity contribution in [2.24, 2.45) is 0 Å². The second-order valence-corrected chi connectivity index (χ2v) is 5.49. The fourth-order valence-corrected chi connectivity index (χ4v) is 2.62. The van der Waals surface area contributed by atoms with Gasteiger partial charge in [0.05, 0.1) is 5.75 Å². The molecule has 0 bridgehead atoms. The number of benzene rings is 1. The molecule has 2 N–H and O–H groups in total. The van der Waals surface area contributed by atoms with Crippen molar-refractivity contribution in [1.29, 1.82) is 0 Å². The number of sulfonamides is 1. The van der Waals surface area contributed by atoms with Crippen molar-refractivity contribution >= 4 is 21.4 Å². The molecular formula is C11H14N2O2S. The summed E-state index contributed by atoms with van der Waals surface area (Å²) in [5.41, 5.74) is 2.86. The number of hydrogen-bond acceptors (Lipinski definition) is 3. The highest BCUT2D eigenvalue weighted by Crippen LogP contribution is 2.25. The van der Waals surface area contributed by atoms with Crippen LogP contribution in [0.25, 0.3) is 0 Å². The maximum absolute atomic E-state index is 11.5. The second-order valence-electron chi connectivity index (χ2n) is 3.72. The number of rotatable bonds is 4. The van der Waals surface area contributed by atoms with E-state index in [-0.39, 0.29) is 5.75 Å². The van der Waals surface area contributed by atoms with Crippen molar-refractivity contribution in [3.05, 3.63) is 36.4 Å². The third kappa shape index (κ3) is 2.36. The lowest BCUT2D eigenvalue weighted by Crippen LogP contribution is -2.15. The zero-order valence-corrected chi connectivity index (χ0v) is 9.68. The van der Waals surface area contributed by atoms with Gasteiger partial charge >= 0.3 is 0 Å². The van der Waals surface area contributed by atoms with Crippen LogP contribution in [0.5, 0.6) is 0 Å². The molecule has 0 amide bonds. The topological polar surface area (TPSA) is 58.2 Å². The molecular weight excluding hydrogens is 224 g/mol. The summed E-state index contributed by atoms with van der Waals surface area (Å²) in [6.45, 7) is 4.33. The van der Waals surface area contributed by atoms with Gasteiger partial charge in [0.2, 0.25) is 10.0 Å². The van der Waals surface area contributed by atoms with E-state index in [1.54, 1.807) is 6.07 Å². The lowest BCUT2D eigenvalue weighted by molar-refractivity contribution is 0.604. The molecule has 0 unspecified atom stereocenters. The van der Waals surface area contributed by atoms with Crippen LogP contribution in [0.4, 0.5) is 11.4 Å². The quantitative estimate of drug-likeness (QED) is 0.783. The van der Waals surface area contributed by atoms with Gasteiger partial charge in [-0.15, -0.1) is 6.58 Å². The predicted molar refractivity (Wildman–Crippen MR) is 66.2 cm³/mol. The first kappa shape index (κ1) is 11.0. The van der Waals surface area contributed by atoms with Gasteiger partial charge in [0.15, 0.2) is 0 Å². The van der Waals surface area contributed by atoms with Crippen molar-refractivity contribution in [3.63, 3.8) is 0 Å². The van der Waals surface area contributed by atoms with Gasteiger partial charge < -0.3 is 5.32 Å². The van der Waals surface area contributed by atoms with Crippen LogP contribution in [-0.2, 0) is 16.4 Å². The highest BCUT2D eigenvalue weighted by molar-refractivity contribution is 7.92. The lowest BCUT2D eigenvalue weighted by Gasteiger charge is -2.07. The number of nitrogens with one attached hydrogen (secondary N) is 2. The van der Waals surface area contributed by atoms with Crippen LogP contribution in [0.15, 0.2) is 30.9 Å². The van der Waals surface area contributed by atoms with Gasteiger partial charge in [0, 0.05) is 17.9 Å². The second kappa shape index (κ2) is 4.17. The molecule has 86 valence electrons. The molecule has 0 atom stereocenters. The van der Waals surface area contributed by atoms with Gasteiger partial charge in [-0.3, -0.25) is 4.72 Å². The minimum Gasteiger partial charge on any atom is -0.384 e. The highest BCUT2D eigenvalue weighted by atomic mass is 32.2. The smallest absolute Gasteiger partial charge is 0.236 e. The van der Waals surface area contributed by atoms with E-state index in [9.17, 15) is 8.42 Å². The Kier molecular flexibility index (Phi) is 2.87. The maximum Gasteiger partial charge on any atom is 0.236 e. The number of hydrogen-bond donors (Lipinski definition) is 2. The largest absolute Gasteiger partial charge is 0.384 e. The summed E-state index contributed by atoms with van der Waals surface area (Å²) in [5.74, 6) is -0.0671. The molecule has 1 aromatic carbocycles. The molecule has 1 heterocycles. The highest BCUT2D eigenvalue weighted by Gasteiger charge is 2.12. The normalized spacial score (nSPS) is 14.0. The van der Waals surface area contributed by atoms with Crippen LogP contribution in [0.3, 0.4) is 0 Å². The fraction of sp³-hybridized carbons (Fsp3) is 0.273. The first-order valence-electron chi connectivity index (χ1n) is 5.09. The summed E-state index contributed by atoms with van der Waals surface area (Å²) in [5, 5.41) is 3.22. The standard InChI is InChI=1S/C11H14N2O2S/c1-2-7-16(14,15)13-10-3-4-11-9(8-10)5-6-12-11/h2-4,8,12-13H,1,5-7H2. The van der Waals surface area contributed by atoms with E-state index in [0.29, 0.717) is 5.69 Å². The Bertz CT molecular complexity index is 509. The summed E-state index contributed by atoms with van der Waals surface area (Å²) >= 11 is 0. The van der Waals surface area contributed by atoms with Crippen molar-refractivity contribution in [3.8, 4) is 0 Å². The molecule has 0 saturated carbocycles. The van der Waals surface area contributed by atoms with E-state index in [1.165, 1.54) is 6.08 Å². The van der Waals surface area contributed by atoms with E-state index < -0.39 is 10.0 Å². The van der Waals surface area contributed by atoms with E-state index in [4.69, 9.17) is 0 Å². The van der Waals surface area contributed by atoms with E-state index in [0.717, 1.165) is 24.2 Å². The van der Waals surface area contributed by atoms with Crippen LogP contribution >= 0.6 is 0 Å². The Morgan fingerprint density at radius 3 is 3.06 bits per heavy atom.